The molecule has 86 valence electrons. The molecule has 1 heterocycles. The van der Waals surface area contributed by atoms with Gasteiger partial charge in [-0.25, -0.2) is 0 Å². The highest BCUT2D eigenvalue weighted by molar-refractivity contribution is 7.09. The third-order valence-electron chi connectivity index (χ3n) is 2.16. The molecule has 16 heavy (non-hydrogen) atoms. The fraction of sp³-hybridized carbons (Fsp3) is 0.417. The van der Waals surface area contributed by atoms with Gasteiger partial charge in [-0.2, -0.15) is 0 Å². The second kappa shape index (κ2) is 7.04. The first kappa shape index (κ1) is 12.8. The first-order valence-electron chi connectivity index (χ1n) is 5.21. The first-order valence-corrected chi connectivity index (χ1v) is 6.09. The second-order valence-corrected chi connectivity index (χ2v) is 4.46. The summed E-state index contributed by atoms with van der Waals surface area (Å²) in [6.07, 6.45) is 6.01. The fourth-order valence-electron chi connectivity index (χ4n) is 1.25. The quantitative estimate of drug-likeness (QED) is 0.724. The lowest BCUT2D eigenvalue weighted by atomic mass is 10.3. The molecule has 0 aromatic carbocycles. The topological polar surface area (TPSA) is 41.1 Å². The molecule has 4 heteroatoms. The Bertz CT molecular complexity index is 354. The zero-order valence-corrected chi connectivity index (χ0v) is 10.1. The molecule has 0 radical (unpaired) electrons. The van der Waals surface area contributed by atoms with Gasteiger partial charge in [0.15, 0.2) is 0 Å². The number of terminal acetylenes is 1. The van der Waals surface area contributed by atoms with E-state index in [1.54, 1.807) is 11.3 Å². The van der Waals surface area contributed by atoms with Crippen molar-refractivity contribution < 1.29 is 4.79 Å². The summed E-state index contributed by atoms with van der Waals surface area (Å²) >= 11 is 1.73. The SMILES string of the molecule is C#CCNC(=O)C(C)NCCc1cccs1. The van der Waals surface area contributed by atoms with Crippen molar-refractivity contribution in [2.45, 2.75) is 19.4 Å². The minimum atomic E-state index is -0.201. The summed E-state index contributed by atoms with van der Waals surface area (Å²) < 4.78 is 0. The maximum atomic E-state index is 11.4. The smallest absolute Gasteiger partial charge is 0.237 e. The van der Waals surface area contributed by atoms with E-state index in [2.05, 4.69) is 28.0 Å². The predicted octanol–water partition coefficient (Wildman–Crippen LogP) is 1.02. The van der Waals surface area contributed by atoms with Gasteiger partial charge < -0.3 is 10.6 Å². The Kier molecular flexibility index (Phi) is 5.62. The van der Waals surface area contributed by atoms with Crippen LogP contribution < -0.4 is 10.6 Å². The van der Waals surface area contributed by atoms with Crippen LogP contribution in [0.5, 0.6) is 0 Å². The molecule has 1 aromatic heterocycles. The minimum absolute atomic E-state index is 0.0517. The number of carbonyl (C=O) groups excluding carboxylic acids is 1. The van der Waals surface area contributed by atoms with Crippen molar-refractivity contribution in [3.8, 4) is 12.3 Å². The molecule has 0 spiro atoms. The summed E-state index contributed by atoms with van der Waals surface area (Å²) in [4.78, 5) is 12.8. The molecule has 0 fully saturated rings. The van der Waals surface area contributed by atoms with E-state index in [0.717, 1.165) is 13.0 Å². The predicted molar refractivity (Wildman–Crippen MR) is 67.3 cm³/mol. The second-order valence-electron chi connectivity index (χ2n) is 3.43. The molecule has 0 saturated heterocycles. The number of hydrogen-bond acceptors (Lipinski definition) is 3. The minimum Gasteiger partial charge on any atom is -0.344 e. The lowest BCUT2D eigenvalue weighted by molar-refractivity contribution is -0.122. The average Bonchev–Trinajstić information content (AvgIpc) is 2.78. The molecule has 0 aliphatic heterocycles. The lowest BCUT2D eigenvalue weighted by Gasteiger charge is -2.12. The van der Waals surface area contributed by atoms with E-state index < -0.39 is 0 Å². The lowest BCUT2D eigenvalue weighted by Crippen LogP contribution is -2.42. The van der Waals surface area contributed by atoms with Crippen molar-refractivity contribution in [1.82, 2.24) is 10.6 Å². The van der Waals surface area contributed by atoms with Gasteiger partial charge in [0, 0.05) is 11.4 Å². The van der Waals surface area contributed by atoms with Crippen molar-refractivity contribution in [2.24, 2.45) is 0 Å². The average molecular weight is 236 g/mol. The molecule has 3 nitrogen and oxygen atoms in total. The molecule has 1 unspecified atom stereocenters. The van der Waals surface area contributed by atoms with Crippen molar-refractivity contribution >= 4 is 17.2 Å². The van der Waals surface area contributed by atoms with Crippen LogP contribution in [0.1, 0.15) is 11.8 Å². The molecule has 0 bridgehead atoms. The van der Waals surface area contributed by atoms with Crippen LogP contribution in [0.25, 0.3) is 0 Å². The van der Waals surface area contributed by atoms with Gasteiger partial charge in [-0.3, -0.25) is 4.79 Å². The molecule has 0 saturated carbocycles. The van der Waals surface area contributed by atoms with Crippen LogP contribution in [0.2, 0.25) is 0 Å². The number of amides is 1. The molecule has 1 atom stereocenters. The molecule has 1 aromatic rings. The maximum Gasteiger partial charge on any atom is 0.237 e. The summed E-state index contributed by atoms with van der Waals surface area (Å²) in [5.74, 6) is 2.32. The highest BCUT2D eigenvalue weighted by Gasteiger charge is 2.10. The van der Waals surface area contributed by atoms with Crippen LogP contribution in [0.15, 0.2) is 17.5 Å². The zero-order chi connectivity index (χ0) is 11.8. The number of carbonyl (C=O) groups is 1. The van der Waals surface area contributed by atoms with E-state index in [-0.39, 0.29) is 18.5 Å². The Labute approximate surface area is 100 Å². The molecule has 1 rings (SSSR count). The van der Waals surface area contributed by atoms with Crippen LogP contribution >= 0.6 is 11.3 Å². The number of thiophene rings is 1. The normalized spacial score (nSPS) is 11.8. The number of hydrogen-bond donors (Lipinski definition) is 2. The maximum absolute atomic E-state index is 11.4. The Morgan fingerprint density at radius 3 is 3.12 bits per heavy atom. The monoisotopic (exact) mass is 236 g/mol. The zero-order valence-electron chi connectivity index (χ0n) is 9.32. The van der Waals surface area contributed by atoms with Gasteiger partial charge in [0.2, 0.25) is 5.91 Å². The van der Waals surface area contributed by atoms with E-state index in [0.29, 0.717) is 0 Å². The summed E-state index contributed by atoms with van der Waals surface area (Å²) in [6.45, 7) is 2.92. The summed E-state index contributed by atoms with van der Waals surface area (Å²) in [6, 6.07) is 3.92. The van der Waals surface area contributed by atoms with Gasteiger partial charge in [-0.05, 0) is 24.8 Å². The Morgan fingerprint density at radius 1 is 1.69 bits per heavy atom. The fourth-order valence-corrected chi connectivity index (χ4v) is 1.96. The van der Waals surface area contributed by atoms with Gasteiger partial charge in [-0.1, -0.05) is 12.0 Å². The van der Waals surface area contributed by atoms with Crippen LogP contribution in [0.3, 0.4) is 0 Å². The Hall–Kier alpha value is -1.31. The van der Waals surface area contributed by atoms with Gasteiger partial charge in [0.25, 0.3) is 0 Å². The molecule has 0 aliphatic carbocycles. The standard InChI is InChI=1S/C12H16N2OS/c1-3-7-14-12(15)10(2)13-8-6-11-5-4-9-16-11/h1,4-5,9-10,13H,6-8H2,2H3,(H,14,15). The van der Waals surface area contributed by atoms with E-state index in [1.165, 1.54) is 4.88 Å². The van der Waals surface area contributed by atoms with Crippen molar-refractivity contribution in [3.63, 3.8) is 0 Å². The van der Waals surface area contributed by atoms with E-state index in [1.807, 2.05) is 13.0 Å². The highest BCUT2D eigenvalue weighted by Crippen LogP contribution is 2.08. The molecule has 0 aliphatic rings. The summed E-state index contributed by atoms with van der Waals surface area (Å²) in [5.41, 5.74) is 0. The third-order valence-corrected chi connectivity index (χ3v) is 3.10. The largest absolute Gasteiger partial charge is 0.344 e. The highest BCUT2D eigenvalue weighted by atomic mass is 32.1. The first-order chi connectivity index (χ1) is 7.74. The van der Waals surface area contributed by atoms with Crippen molar-refractivity contribution in [3.05, 3.63) is 22.4 Å². The third kappa shape index (κ3) is 4.47. The van der Waals surface area contributed by atoms with Crippen molar-refractivity contribution in [1.29, 1.82) is 0 Å². The van der Waals surface area contributed by atoms with E-state index in [4.69, 9.17) is 6.42 Å². The van der Waals surface area contributed by atoms with Gasteiger partial charge in [0.05, 0.1) is 12.6 Å². The molecule has 1 amide bonds. The van der Waals surface area contributed by atoms with E-state index >= 15 is 0 Å². The number of nitrogens with one attached hydrogen (secondary N) is 2. The summed E-state index contributed by atoms with van der Waals surface area (Å²) in [5, 5.41) is 7.85. The molecule has 2 N–H and O–H groups in total. The molecular formula is C12H16N2OS. The van der Waals surface area contributed by atoms with Crippen LogP contribution in [-0.4, -0.2) is 25.0 Å². The van der Waals surface area contributed by atoms with Gasteiger partial charge in [0.1, 0.15) is 0 Å². The van der Waals surface area contributed by atoms with Gasteiger partial charge >= 0.3 is 0 Å². The summed E-state index contributed by atoms with van der Waals surface area (Å²) in [7, 11) is 0. The van der Waals surface area contributed by atoms with Crippen molar-refractivity contribution in [2.75, 3.05) is 13.1 Å². The van der Waals surface area contributed by atoms with Crippen LogP contribution in [0, 0.1) is 12.3 Å². The Morgan fingerprint density at radius 2 is 2.50 bits per heavy atom. The Balaban J connectivity index is 2.17. The number of rotatable bonds is 6. The van der Waals surface area contributed by atoms with Crippen LogP contribution in [0.4, 0.5) is 0 Å². The van der Waals surface area contributed by atoms with Gasteiger partial charge in [-0.15, -0.1) is 17.8 Å². The van der Waals surface area contributed by atoms with E-state index in [9.17, 15) is 4.79 Å². The molecular weight excluding hydrogens is 220 g/mol. The van der Waals surface area contributed by atoms with Crippen LogP contribution in [-0.2, 0) is 11.2 Å².